The maximum absolute atomic E-state index is 13.2. The van der Waals surface area contributed by atoms with Gasteiger partial charge in [-0.25, -0.2) is 12.8 Å². The zero-order chi connectivity index (χ0) is 21.6. The third-order valence-corrected chi connectivity index (χ3v) is 5.38. The van der Waals surface area contributed by atoms with E-state index in [1.165, 1.54) is 19.1 Å². The standard InChI is InChI=1S/C20H24FN3O4S/c1-4-13-22-20(26)17-7-5-6-8-18(17)23-19(25)14(2)24(29(3,27)28)16-11-9-15(21)10-12-16/h5-12,14H,4,13H2,1-3H3,(H,22,26)(H,23,25)/t14-/m1/s1. The number of nitrogens with zero attached hydrogens (tertiary/aromatic N) is 1. The lowest BCUT2D eigenvalue weighted by molar-refractivity contribution is -0.116. The molecule has 2 rings (SSSR count). The number of amides is 2. The van der Waals surface area contributed by atoms with Gasteiger partial charge in [-0.1, -0.05) is 19.1 Å². The number of sulfonamides is 1. The fourth-order valence-corrected chi connectivity index (χ4v) is 3.93. The molecule has 0 aliphatic rings. The maximum atomic E-state index is 13.2. The normalized spacial score (nSPS) is 12.1. The van der Waals surface area contributed by atoms with E-state index < -0.39 is 27.8 Å². The lowest BCUT2D eigenvalue weighted by atomic mass is 10.1. The number of benzene rings is 2. The summed E-state index contributed by atoms with van der Waals surface area (Å²) in [5, 5.41) is 5.36. The summed E-state index contributed by atoms with van der Waals surface area (Å²) >= 11 is 0. The summed E-state index contributed by atoms with van der Waals surface area (Å²) in [6.07, 6.45) is 1.73. The van der Waals surface area contributed by atoms with Crippen molar-refractivity contribution in [3.8, 4) is 0 Å². The molecule has 2 amide bonds. The van der Waals surface area contributed by atoms with Gasteiger partial charge in [-0.3, -0.25) is 13.9 Å². The van der Waals surface area contributed by atoms with Crippen LogP contribution in [-0.4, -0.2) is 39.1 Å². The molecule has 0 radical (unpaired) electrons. The first-order valence-electron chi connectivity index (χ1n) is 9.08. The van der Waals surface area contributed by atoms with E-state index in [1.807, 2.05) is 6.92 Å². The molecule has 2 N–H and O–H groups in total. The van der Waals surface area contributed by atoms with Crippen molar-refractivity contribution in [2.75, 3.05) is 22.4 Å². The number of halogens is 1. The van der Waals surface area contributed by atoms with Gasteiger partial charge in [-0.05, 0) is 49.7 Å². The molecule has 29 heavy (non-hydrogen) atoms. The fraction of sp³-hybridized carbons (Fsp3) is 0.300. The van der Waals surface area contributed by atoms with Gasteiger partial charge in [-0.15, -0.1) is 0 Å². The number of carbonyl (C=O) groups excluding carboxylic acids is 2. The third kappa shape index (κ3) is 5.77. The molecular formula is C20H24FN3O4S. The predicted octanol–water partition coefficient (Wildman–Crippen LogP) is 2.76. The molecule has 0 aliphatic carbocycles. The van der Waals surface area contributed by atoms with E-state index in [0.29, 0.717) is 6.54 Å². The minimum atomic E-state index is -3.84. The van der Waals surface area contributed by atoms with Crippen LogP contribution in [0.4, 0.5) is 15.8 Å². The average Bonchev–Trinajstić information content (AvgIpc) is 2.67. The summed E-state index contributed by atoms with van der Waals surface area (Å²) in [4.78, 5) is 25.1. The molecule has 0 unspecified atom stereocenters. The molecule has 0 aromatic heterocycles. The van der Waals surface area contributed by atoms with Crippen LogP contribution in [0.5, 0.6) is 0 Å². The molecule has 2 aromatic carbocycles. The van der Waals surface area contributed by atoms with Crippen LogP contribution in [0.3, 0.4) is 0 Å². The van der Waals surface area contributed by atoms with Crippen LogP contribution in [0.1, 0.15) is 30.6 Å². The Morgan fingerprint density at radius 2 is 1.72 bits per heavy atom. The first-order chi connectivity index (χ1) is 13.6. The minimum absolute atomic E-state index is 0.158. The van der Waals surface area contributed by atoms with Crippen molar-refractivity contribution in [2.24, 2.45) is 0 Å². The minimum Gasteiger partial charge on any atom is -0.352 e. The Labute approximate surface area is 170 Å². The van der Waals surface area contributed by atoms with Gasteiger partial charge in [0.2, 0.25) is 15.9 Å². The first kappa shape index (κ1) is 22.4. The molecule has 156 valence electrons. The number of nitrogens with one attached hydrogen (secondary N) is 2. The summed E-state index contributed by atoms with van der Waals surface area (Å²) < 4.78 is 38.7. The van der Waals surface area contributed by atoms with Crippen LogP contribution < -0.4 is 14.9 Å². The van der Waals surface area contributed by atoms with E-state index in [1.54, 1.807) is 24.3 Å². The van der Waals surface area contributed by atoms with Crippen molar-refractivity contribution < 1.29 is 22.4 Å². The van der Waals surface area contributed by atoms with Crippen molar-refractivity contribution in [3.63, 3.8) is 0 Å². The van der Waals surface area contributed by atoms with Crippen LogP contribution in [-0.2, 0) is 14.8 Å². The van der Waals surface area contributed by atoms with Crippen molar-refractivity contribution in [3.05, 3.63) is 59.9 Å². The van der Waals surface area contributed by atoms with Crippen LogP contribution in [0, 0.1) is 5.82 Å². The van der Waals surface area contributed by atoms with Crippen LogP contribution in [0.15, 0.2) is 48.5 Å². The van der Waals surface area contributed by atoms with Crippen molar-refractivity contribution in [1.29, 1.82) is 0 Å². The average molecular weight is 421 g/mol. The van der Waals surface area contributed by atoms with E-state index in [4.69, 9.17) is 0 Å². The Bertz CT molecular complexity index is 977. The van der Waals surface area contributed by atoms with Gasteiger partial charge in [0.25, 0.3) is 5.91 Å². The molecule has 2 aromatic rings. The van der Waals surface area contributed by atoms with Gasteiger partial charge in [0.1, 0.15) is 11.9 Å². The lowest BCUT2D eigenvalue weighted by Gasteiger charge is -2.28. The monoisotopic (exact) mass is 421 g/mol. The molecule has 0 fully saturated rings. The van der Waals surface area contributed by atoms with Gasteiger partial charge >= 0.3 is 0 Å². The van der Waals surface area contributed by atoms with E-state index in [0.717, 1.165) is 29.1 Å². The topological polar surface area (TPSA) is 95.6 Å². The molecule has 9 heteroatoms. The SMILES string of the molecule is CCCNC(=O)c1ccccc1NC(=O)[C@@H](C)N(c1ccc(F)cc1)S(C)(=O)=O. The van der Waals surface area contributed by atoms with E-state index in [-0.39, 0.29) is 22.8 Å². The third-order valence-electron chi connectivity index (χ3n) is 4.13. The van der Waals surface area contributed by atoms with Gasteiger partial charge in [0, 0.05) is 6.54 Å². The molecule has 0 saturated carbocycles. The van der Waals surface area contributed by atoms with Crippen molar-refractivity contribution in [2.45, 2.75) is 26.3 Å². The second-order valence-corrected chi connectivity index (χ2v) is 8.36. The van der Waals surface area contributed by atoms with E-state index in [2.05, 4.69) is 10.6 Å². The van der Waals surface area contributed by atoms with Crippen molar-refractivity contribution >= 4 is 33.2 Å². The second kappa shape index (κ2) is 9.51. The molecule has 0 aliphatic heterocycles. The van der Waals surface area contributed by atoms with E-state index in [9.17, 15) is 22.4 Å². The van der Waals surface area contributed by atoms with Gasteiger partial charge in [-0.2, -0.15) is 0 Å². The maximum Gasteiger partial charge on any atom is 0.253 e. The summed E-state index contributed by atoms with van der Waals surface area (Å²) in [6.45, 7) is 3.83. The predicted molar refractivity (Wildman–Crippen MR) is 111 cm³/mol. The van der Waals surface area contributed by atoms with E-state index >= 15 is 0 Å². The van der Waals surface area contributed by atoms with Gasteiger partial charge < -0.3 is 10.6 Å². The number of hydrogen-bond donors (Lipinski definition) is 2. The quantitative estimate of drug-likeness (QED) is 0.685. The molecule has 0 bridgehead atoms. The van der Waals surface area contributed by atoms with Gasteiger partial charge in [0.05, 0.1) is 23.2 Å². The summed E-state index contributed by atoms with van der Waals surface area (Å²) in [6, 6.07) is 10.1. The molecule has 0 heterocycles. The lowest BCUT2D eigenvalue weighted by Crippen LogP contribution is -2.45. The van der Waals surface area contributed by atoms with Gasteiger partial charge in [0.15, 0.2) is 0 Å². The number of rotatable bonds is 8. The fourth-order valence-electron chi connectivity index (χ4n) is 2.76. The molecular weight excluding hydrogens is 397 g/mol. The first-order valence-corrected chi connectivity index (χ1v) is 10.9. The zero-order valence-corrected chi connectivity index (χ0v) is 17.3. The van der Waals surface area contributed by atoms with Crippen molar-refractivity contribution in [1.82, 2.24) is 5.32 Å². The number of carbonyl (C=O) groups is 2. The number of para-hydroxylation sites is 1. The summed E-state index contributed by atoms with van der Waals surface area (Å²) in [5.41, 5.74) is 0.699. The number of hydrogen-bond acceptors (Lipinski definition) is 4. The second-order valence-electron chi connectivity index (χ2n) is 6.50. The Morgan fingerprint density at radius 1 is 1.10 bits per heavy atom. The van der Waals surface area contributed by atoms with Crippen LogP contribution in [0.25, 0.3) is 0 Å². The highest BCUT2D eigenvalue weighted by Crippen LogP contribution is 2.23. The highest BCUT2D eigenvalue weighted by atomic mass is 32.2. The Balaban J connectivity index is 2.29. The molecule has 1 atom stereocenters. The highest BCUT2D eigenvalue weighted by Gasteiger charge is 2.29. The Hall–Kier alpha value is -2.94. The number of anilines is 2. The molecule has 0 spiro atoms. The van der Waals surface area contributed by atoms with Crippen LogP contribution in [0.2, 0.25) is 0 Å². The molecule has 7 nitrogen and oxygen atoms in total. The Kier molecular flexibility index (Phi) is 7.33. The Morgan fingerprint density at radius 3 is 2.31 bits per heavy atom. The van der Waals surface area contributed by atoms with Crippen LogP contribution >= 0.6 is 0 Å². The highest BCUT2D eigenvalue weighted by molar-refractivity contribution is 7.92. The summed E-state index contributed by atoms with van der Waals surface area (Å²) in [5.74, 6) is -1.49. The molecule has 0 saturated heterocycles. The zero-order valence-electron chi connectivity index (χ0n) is 16.5. The summed E-state index contributed by atoms with van der Waals surface area (Å²) in [7, 11) is -3.84. The smallest absolute Gasteiger partial charge is 0.253 e. The largest absolute Gasteiger partial charge is 0.352 e.